The maximum Gasteiger partial charge on any atom is 0.118 e. The summed E-state index contributed by atoms with van der Waals surface area (Å²) >= 11 is 0. The van der Waals surface area contributed by atoms with E-state index in [0.717, 1.165) is 12.2 Å². The first-order valence-corrected chi connectivity index (χ1v) is 8.15. The van der Waals surface area contributed by atoms with Crippen LogP contribution in [-0.4, -0.2) is 31.1 Å². The van der Waals surface area contributed by atoms with Crippen LogP contribution in [0.1, 0.15) is 45.6 Å². The lowest BCUT2D eigenvalue weighted by molar-refractivity contribution is 0.140. The smallest absolute Gasteiger partial charge is 0.118 e. The largest absolute Gasteiger partial charge is 0.497 e. The van der Waals surface area contributed by atoms with Crippen molar-refractivity contribution < 1.29 is 4.74 Å². The number of nitrogens with zero attached hydrogens (tertiary/aromatic N) is 1. The van der Waals surface area contributed by atoms with Gasteiger partial charge in [-0.25, -0.2) is 0 Å². The van der Waals surface area contributed by atoms with Gasteiger partial charge < -0.3 is 10.5 Å². The van der Waals surface area contributed by atoms with Gasteiger partial charge in [-0.2, -0.15) is 0 Å². The molecule has 0 aromatic heterocycles. The zero-order valence-electron chi connectivity index (χ0n) is 13.9. The van der Waals surface area contributed by atoms with Crippen LogP contribution in [0.2, 0.25) is 0 Å². The summed E-state index contributed by atoms with van der Waals surface area (Å²) in [6.45, 7) is 9.14. The van der Waals surface area contributed by atoms with Gasteiger partial charge in [-0.15, -0.1) is 0 Å². The van der Waals surface area contributed by atoms with Gasteiger partial charge in [0, 0.05) is 6.04 Å². The maximum atomic E-state index is 6.95. The van der Waals surface area contributed by atoms with E-state index in [4.69, 9.17) is 10.5 Å². The van der Waals surface area contributed by atoms with Gasteiger partial charge in [0.05, 0.1) is 12.6 Å². The highest BCUT2D eigenvalue weighted by Crippen LogP contribution is 2.34. The molecule has 3 nitrogen and oxygen atoms in total. The molecule has 1 fully saturated rings. The summed E-state index contributed by atoms with van der Waals surface area (Å²) in [4.78, 5) is 2.55. The summed E-state index contributed by atoms with van der Waals surface area (Å²) < 4.78 is 5.27. The molecule has 1 heterocycles. The van der Waals surface area contributed by atoms with Crippen molar-refractivity contribution in [1.82, 2.24) is 4.90 Å². The van der Waals surface area contributed by atoms with Crippen molar-refractivity contribution in [2.45, 2.75) is 51.6 Å². The number of likely N-dealkylation sites (tertiary alicyclic amines) is 1. The summed E-state index contributed by atoms with van der Waals surface area (Å²) in [6, 6.07) is 8.67. The molecule has 1 aliphatic heterocycles. The molecule has 0 aliphatic carbocycles. The Morgan fingerprint density at radius 2 is 1.71 bits per heavy atom. The molecule has 1 saturated heterocycles. The van der Waals surface area contributed by atoms with Crippen LogP contribution in [-0.2, 0) is 5.54 Å². The molecule has 0 bridgehead atoms. The molecule has 118 valence electrons. The van der Waals surface area contributed by atoms with Crippen molar-refractivity contribution in [2.24, 2.45) is 11.7 Å². The Bertz CT molecular complexity index is 437. The Balaban J connectivity index is 2.29. The van der Waals surface area contributed by atoms with Crippen LogP contribution < -0.4 is 10.5 Å². The Labute approximate surface area is 129 Å². The van der Waals surface area contributed by atoms with Gasteiger partial charge in [0.25, 0.3) is 0 Å². The van der Waals surface area contributed by atoms with Gasteiger partial charge in [0.15, 0.2) is 0 Å². The van der Waals surface area contributed by atoms with Crippen molar-refractivity contribution in [3.8, 4) is 5.75 Å². The summed E-state index contributed by atoms with van der Waals surface area (Å²) in [5, 5.41) is 0. The summed E-state index contributed by atoms with van der Waals surface area (Å²) in [7, 11) is 1.70. The molecule has 1 aliphatic rings. The molecule has 1 aromatic carbocycles. The average molecular weight is 290 g/mol. The van der Waals surface area contributed by atoms with Crippen molar-refractivity contribution in [1.29, 1.82) is 0 Å². The van der Waals surface area contributed by atoms with E-state index in [2.05, 4.69) is 37.8 Å². The molecule has 21 heavy (non-hydrogen) atoms. The first-order valence-electron chi connectivity index (χ1n) is 8.15. The fraction of sp³-hybridized carbons (Fsp3) is 0.667. The molecule has 2 unspecified atom stereocenters. The van der Waals surface area contributed by atoms with E-state index in [-0.39, 0.29) is 5.54 Å². The van der Waals surface area contributed by atoms with Crippen LogP contribution in [0.3, 0.4) is 0 Å². The number of hydrogen-bond acceptors (Lipinski definition) is 3. The Hall–Kier alpha value is -1.06. The summed E-state index contributed by atoms with van der Waals surface area (Å²) in [5.74, 6) is 1.46. The average Bonchev–Trinajstić information content (AvgIpc) is 2.99. The molecule has 1 aromatic rings. The SMILES string of the molecule is COc1ccc(C(N)(CC(C)C)C(C)N2CCCC2)cc1. The molecule has 2 rings (SSSR count). The molecular formula is C18H30N2O. The number of methoxy groups -OCH3 is 1. The van der Waals surface area contributed by atoms with Crippen LogP contribution >= 0.6 is 0 Å². The third-order valence-electron chi connectivity index (χ3n) is 4.81. The highest BCUT2D eigenvalue weighted by Gasteiger charge is 2.38. The van der Waals surface area contributed by atoms with Crippen LogP contribution in [0.15, 0.2) is 24.3 Å². The molecular weight excluding hydrogens is 260 g/mol. The van der Waals surface area contributed by atoms with E-state index in [1.807, 2.05) is 12.1 Å². The second-order valence-corrected chi connectivity index (χ2v) is 6.79. The second-order valence-electron chi connectivity index (χ2n) is 6.79. The first kappa shape index (κ1) is 16.3. The summed E-state index contributed by atoms with van der Waals surface area (Å²) in [5.41, 5.74) is 7.87. The molecule has 0 amide bonds. The zero-order chi connectivity index (χ0) is 15.5. The van der Waals surface area contributed by atoms with Crippen LogP contribution in [0, 0.1) is 5.92 Å². The van der Waals surface area contributed by atoms with Crippen molar-refractivity contribution in [2.75, 3.05) is 20.2 Å². The van der Waals surface area contributed by atoms with Crippen LogP contribution in [0.5, 0.6) is 5.75 Å². The van der Waals surface area contributed by atoms with Gasteiger partial charge in [0.1, 0.15) is 5.75 Å². The Morgan fingerprint density at radius 1 is 1.14 bits per heavy atom. The fourth-order valence-corrected chi connectivity index (χ4v) is 3.56. The Morgan fingerprint density at radius 3 is 2.19 bits per heavy atom. The highest BCUT2D eigenvalue weighted by molar-refractivity contribution is 5.33. The lowest BCUT2D eigenvalue weighted by Gasteiger charge is -2.42. The minimum Gasteiger partial charge on any atom is -0.497 e. The van der Waals surface area contributed by atoms with Gasteiger partial charge in [-0.1, -0.05) is 26.0 Å². The van der Waals surface area contributed by atoms with E-state index >= 15 is 0 Å². The number of hydrogen-bond donors (Lipinski definition) is 1. The predicted octanol–water partition coefficient (Wildman–Crippen LogP) is 3.38. The van der Waals surface area contributed by atoms with Gasteiger partial charge >= 0.3 is 0 Å². The molecule has 0 saturated carbocycles. The van der Waals surface area contributed by atoms with Crippen molar-refractivity contribution in [3.05, 3.63) is 29.8 Å². The molecule has 2 atom stereocenters. The molecule has 0 radical (unpaired) electrons. The minimum atomic E-state index is -0.301. The quantitative estimate of drug-likeness (QED) is 0.873. The minimum absolute atomic E-state index is 0.301. The van der Waals surface area contributed by atoms with E-state index < -0.39 is 0 Å². The Kier molecular flexibility index (Phi) is 5.28. The molecule has 0 spiro atoms. The predicted molar refractivity (Wildman–Crippen MR) is 88.6 cm³/mol. The summed E-state index contributed by atoms with van der Waals surface area (Å²) in [6.07, 6.45) is 3.59. The highest BCUT2D eigenvalue weighted by atomic mass is 16.5. The third-order valence-corrected chi connectivity index (χ3v) is 4.81. The number of benzene rings is 1. The van der Waals surface area contributed by atoms with Crippen molar-refractivity contribution in [3.63, 3.8) is 0 Å². The van der Waals surface area contributed by atoms with Crippen LogP contribution in [0.25, 0.3) is 0 Å². The first-order chi connectivity index (χ1) is 9.97. The third kappa shape index (κ3) is 3.58. The molecule has 3 heteroatoms. The monoisotopic (exact) mass is 290 g/mol. The van der Waals surface area contributed by atoms with Crippen molar-refractivity contribution >= 4 is 0 Å². The van der Waals surface area contributed by atoms with Crippen LogP contribution in [0.4, 0.5) is 0 Å². The van der Waals surface area contributed by atoms with E-state index in [1.165, 1.54) is 31.5 Å². The second kappa shape index (κ2) is 6.80. The van der Waals surface area contributed by atoms with Gasteiger partial charge in [0.2, 0.25) is 0 Å². The number of ether oxygens (including phenoxy) is 1. The van der Waals surface area contributed by atoms with E-state index in [9.17, 15) is 0 Å². The van der Waals surface area contributed by atoms with Gasteiger partial charge in [-0.3, -0.25) is 4.90 Å². The molecule has 2 N–H and O–H groups in total. The van der Waals surface area contributed by atoms with E-state index in [1.54, 1.807) is 7.11 Å². The number of nitrogens with two attached hydrogens (primary N) is 1. The normalized spacial score (nSPS) is 20.5. The van der Waals surface area contributed by atoms with Gasteiger partial charge in [-0.05, 0) is 62.9 Å². The maximum absolute atomic E-state index is 6.95. The fourth-order valence-electron chi connectivity index (χ4n) is 3.56. The standard InChI is InChI=1S/C18H30N2O/c1-14(2)13-18(19,15(3)20-11-5-6-12-20)16-7-9-17(21-4)10-8-16/h7-10,14-15H,5-6,11-13,19H2,1-4H3. The zero-order valence-corrected chi connectivity index (χ0v) is 13.9. The van der Waals surface area contributed by atoms with E-state index in [0.29, 0.717) is 12.0 Å². The number of rotatable bonds is 6. The lowest BCUT2D eigenvalue weighted by Crippen LogP contribution is -2.54. The lowest BCUT2D eigenvalue weighted by atomic mass is 9.77. The topological polar surface area (TPSA) is 38.5 Å².